The molecule has 34 heavy (non-hydrogen) atoms. The topological polar surface area (TPSA) is 101 Å². The van der Waals surface area contributed by atoms with Crippen molar-refractivity contribution in [1.29, 1.82) is 0 Å². The van der Waals surface area contributed by atoms with Crippen LogP contribution in [0.4, 0.5) is 5.69 Å². The Balaban J connectivity index is 1.22. The second-order valence-electron chi connectivity index (χ2n) is 7.95. The Bertz CT molecular complexity index is 1370. The highest BCUT2D eigenvalue weighted by molar-refractivity contribution is 6.08. The molecule has 0 saturated heterocycles. The van der Waals surface area contributed by atoms with Crippen molar-refractivity contribution < 1.29 is 19.4 Å². The summed E-state index contributed by atoms with van der Waals surface area (Å²) >= 11 is 0. The normalized spacial score (nSPS) is 11.9. The summed E-state index contributed by atoms with van der Waals surface area (Å²) in [6.07, 6.45) is 2.39. The van der Waals surface area contributed by atoms with Gasteiger partial charge in [-0.2, -0.15) is 0 Å². The van der Waals surface area contributed by atoms with Gasteiger partial charge in [0.25, 0.3) is 11.8 Å². The molecule has 1 aliphatic rings. The number of ether oxygens (including phenoxy) is 1. The Labute approximate surface area is 196 Å². The highest BCUT2D eigenvalue weighted by Gasteiger charge is 2.21. The minimum absolute atomic E-state index is 0.234. The molecule has 0 bridgehead atoms. The average Bonchev–Trinajstić information content (AvgIpc) is 3.00. The largest absolute Gasteiger partial charge is 0.508 e. The van der Waals surface area contributed by atoms with Crippen LogP contribution in [0, 0.1) is 0 Å². The van der Waals surface area contributed by atoms with Crippen molar-refractivity contribution in [3.63, 3.8) is 0 Å². The fourth-order valence-electron chi connectivity index (χ4n) is 3.68. The molecular weight excluding hydrogens is 430 g/mol. The lowest BCUT2D eigenvalue weighted by Crippen LogP contribution is -2.23. The second-order valence-corrected chi connectivity index (χ2v) is 7.95. The van der Waals surface area contributed by atoms with Gasteiger partial charge in [-0.1, -0.05) is 30.3 Å². The maximum absolute atomic E-state index is 12.7. The number of aromatic nitrogens is 1. The summed E-state index contributed by atoms with van der Waals surface area (Å²) in [5.41, 5.74) is 4.09. The Morgan fingerprint density at radius 3 is 2.53 bits per heavy atom. The molecule has 1 aliphatic heterocycles. The number of carbonyl (C=O) groups excluding carboxylic acids is 2. The molecular formula is C27H21N3O4. The molecule has 0 aliphatic carbocycles. The van der Waals surface area contributed by atoms with Gasteiger partial charge in [0.05, 0.1) is 11.3 Å². The number of rotatable bonds is 5. The number of phenolic OH excluding ortho intramolecular Hbond substituents is 1. The lowest BCUT2D eigenvalue weighted by molar-refractivity contribution is 0.0949. The number of phenols is 1. The van der Waals surface area contributed by atoms with Crippen LogP contribution in [0.5, 0.6) is 17.2 Å². The molecule has 0 radical (unpaired) electrons. The van der Waals surface area contributed by atoms with Gasteiger partial charge < -0.3 is 20.5 Å². The minimum atomic E-state index is -0.287. The van der Waals surface area contributed by atoms with Gasteiger partial charge in [0.2, 0.25) is 0 Å². The van der Waals surface area contributed by atoms with E-state index in [0.717, 1.165) is 16.8 Å². The van der Waals surface area contributed by atoms with Gasteiger partial charge in [0, 0.05) is 30.4 Å². The summed E-state index contributed by atoms with van der Waals surface area (Å²) in [5, 5.41) is 15.1. The molecule has 2 amide bonds. The number of nitrogens with zero attached hydrogens (tertiary/aromatic N) is 1. The van der Waals surface area contributed by atoms with Crippen molar-refractivity contribution >= 4 is 17.5 Å². The SMILES string of the molecule is O=C(NCc1ccc(Cc2ccc(O)cc2)nc1)c1ccc2c(c1)NC(=O)c1ccccc1O2. The van der Waals surface area contributed by atoms with Crippen LogP contribution in [-0.4, -0.2) is 21.9 Å². The van der Waals surface area contributed by atoms with E-state index in [1.807, 2.05) is 24.3 Å². The van der Waals surface area contributed by atoms with Crippen LogP contribution in [0.2, 0.25) is 0 Å². The minimum Gasteiger partial charge on any atom is -0.508 e. The number of amides is 2. The van der Waals surface area contributed by atoms with Crippen molar-refractivity contribution in [2.75, 3.05) is 5.32 Å². The van der Waals surface area contributed by atoms with E-state index in [1.54, 1.807) is 60.8 Å². The number of nitrogens with one attached hydrogen (secondary N) is 2. The molecule has 0 saturated carbocycles. The fraction of sp³-hybridized carbons (Fsp3) is 0.0741. The molecule has 168 valence electrons. The van der Waals surface area contributed by atoms with E-state index in [9.17, 15) is 14.7 Å². The zero-order valence-electron chi connectivity index (χ0n) is 18.1. The Kier molecular flexibility index (Phi) is 5.66. The van der Waals surface area contributed by atoms with Crippen LogP contribution >= 0.6 is 0 Å². The van der Waals surface area contributed by atoms with Crippen LogP contribution in [0.1, 0.15) is 37.5 Å². The molecule has 0 unspecified atom stereocenters. The molecule has 0 spiro atoms. The van der Waals surface area contributed by atoms with Crippen molar-refractivity contribution in [2.24, 2.45) is 0 Å². The van der Waals surface area contributed by atoms with Gasteiger partial charge in [-0.05, 0) is 59.7 Å². The number of para-hydroxylation sites is 1. The zero-order valence-corrected chi connectivity index (χ0v) is 18.1. The number of aromatic hydroxyl groups is 1. The molecule has 1 aromatic heterocycles. The lowest BCUT2D eigenvalue weighted by atomic mass is 10.1. The lowest BCUT2D eigenvalue weighted by Gasteiger charge is -2.10. The van der Waals surface area contributed by atoms with E-state index in [4.69, 9.17) is 4.74 Å². The maximum Gasteiger partial charge on any atom is 0.259 e. The summed E-state index contributed by atoms with van der Waals surface area (Å²) in [6.45, 7) is 0.316. The monoisotopic (exact) mass is 451 g/mol. The van der Waals surface area contributed by atoms with E-state index in [-0.39, 0.29) is 17.6 Å². The van der Waals surface area contributed by atoms with Crippen LogP contribution < -0.4 is 15.4 Å². The van der Waals surface area contributed by atoms with Gasteiger partial charge in [-0.3, -0.25) is 14.6 Å². The van der Waals surface area contributed by atoms with Crippen molar-refractivity contribution in [1.82, 2.24) is 10.3 Å². The first-order chi connectivity index (χ1) is 16.5. The zero-order chi connectivity index (χ0) is 23.5. The Morgan fingerprint density at radius 1 is 0.941 bits per heavy atom. The Hall–Kier alpha value is -4.65. The third kappa shape index (κ3) is 4.59. The highest BCUT2D eigenvalue weighted by Crippen LogP contribution is 2.36. The first-order valence-electron chi connectivity index (χ1n) is 10.8. The van der Waals surface area contributed by atoms with Crippen molar-refractivity contribution in [2.45, 2.75) is 13.0 Å². The smallest absolute Gasteiger partial charge is 0.259 e. The molecule has 0 fully saturated rings. The number of carbonyl (C=O) groups is 2. The van der Waals surface area contributed by atoms with Gasteiger partial charge in [-0.25, -0.2) is 0 Å². The van der Waals surface area contributed by atoms with Crippen LogP contribution in [0.15, 0.2) is 85.1 Å². The Morgan fingerprint density at radius 2 is 1.74 bits per heavy atom. The quantitative estimate of drug-likeness (QED) is 0.410. The van der Waals surface area contributed by atoms with Crippen LogP contribution in [-0.2, 0) is 13.0 Å². The van der Waals surface area contributed by atoms with Crippen LogP contribution in [0.3, 0.4) is 0 Å². The highest BCUT2D eigenvalue weighted by atomic mass is 16.5. The second kappa shape index (κ2) is 9.07. The molecule has 3 N–H and O–H groups in total. The van der Waals surface area contributed by atoms with Crippen molar-refractivity contribution in [3.8, 4) is 17.2 Å². The molecule has 4 aromatic rings. The number of pyridine rings is 1. The average molecular weight is 451 g/mol. The molecule has 7 nitrogen and oxygen atoms in total. The van der Waals surface area contributed by atoms with Crippen molar-refractivity contribution in [3.05, 3.63) is 113 Å². The van der Waals surface area contributed by atoms with Gasteiger partial charge >= 0.3 is 0 Å². The van der Waals surface area contributed by atoms with E-state index in [1.165, 1.54) is 0 Å². The van der Waals surface area contributed by atoms with Gasteiger partial charge in [-0.15, -0.1) is 0 Å². The maximum atomic E-state index is 12.7. The number of anilines is 1. The van der Waals surface area contributed by atoms with E-state index in [2.05, 4.69) is 15.6 Å². The predicted molar refractivity (Wildman–Crippen MR) is 127 cm³/mol. The first kappa shape index (κ1) is 21.2. The molecule has 0 atom stereocenters. The molecule has 7 heteroatoms. The summed E-state index contributed by atoms with van der Waals surface area (Å²) < 4.78 is 5.86. The fourth-order valence-corrected chi connectivity index (χ4v) is 3.68. The number of hydrogen-bond donors (Lipinski definition) is 3. The van der Waals surface area contributed by atoms with Gasteiger partial charge in [0.15, 0.2) is 5.75 Å². The van der Waals surface area contributed by atoms with Crippen LogP contribution in [0.25, 0.3) is 0 Å². The third-order valence-electron chi connectivity index (χ3n) is 5.50. The van der Waals surface area contributed by atoms with E-state index < -0.39 is 0 Å². The summed E-state index contributed by atoms with van der Waals surface area (Å²) in [5.74, 6) is 0.621. The summed E-state index contributed by atoms with van der Waals surface area (Å²) in [4.78, 5) is 29.7. The molecule has 2 heterocycles. The first-order valence-corrected chi connectivity index (χ1v) is 10.8. The van der Waals surface area contributed by atoms with Gasteiger partial charge in [0.1, 0.15) is 11.5 Å². The summed E-state index contributed by atoms with van der Waals surface area (Å²) in [6, 6.07) is 22.8. The summed E-state index contributed by atoms with van der Waals surface area (Å²) in [7, 11) is 0. The molecule has 5 rings (SSSR count). The van der Waals surface area contributed by atoms with E-state index >= 15 is 0 Å². The third-order valence-corrected chi connectivity index (χ3v) is 5.50. The number of hydrogen-bond acceptors (Lipinski definition) is 5. The van der Waals surface area contributed by atoms with E-state index in [0.29, 0.717) is 41.3 Å². The molecule has 3 aromatic carbocycles. The standard InChI is InChI=1S/C27H21N3O4/c31-21-10-6-17(7-11-21)13-20-9-5-18(15-28-20)16-29-26(32)19-8-12-25-23(14-19)30-27(33)22-3-1-2-4-24(22)34-25/h1-12,14-15,31H,13,16H2,(H,29,32)(H,30,33). The number of fused-ring (bicyclic) bond motifs is 2. The predicted octanol–water partition coefficient (Wildman–Crippen LogP) is 4.67. The number of benzene rings is 3.